The zero-order valence-electron chi connectivity index (χ0n) is 16.4. The number of thiazole rings is 1. The van der Waals surface area contributed by atoms with Crippen LogP contribution in [0.15, 0.2) is 71.8 Å². The lowest BCUT2D eigenvalue weighted by Gasteiger charge is -2.14. The second-order valence-corrected chi connectivity index (χ2v) is 7.62. The van der Waals surface area contributed by atoms with E-state index in [9.17, 15) is 9.18 Å². The van der Waals surface area contributed by atoms with Crippen LogP contribution in [-0.2, 0) is 0 Å². The van der Waals surface area contributed by atoms with Gasteiger partial charge in [-0.25, -0.2) is 9.37 Å². The van der Waals surface area contributed by atoms with Crippen molar-refractivity contribution in [3.63, 3.8) is 0 Å². The van der Waals surface area contributed by atoms with Crippen LogP contribution in [-0.4, -0.2) is 24.2 Å². The average molecular weight is 419 g/mol. The Balaban J connectivity index is 1.75. The van der Waals surface area contributed by atoms with Gasteiger partial charge in [-0.15, -0.1) is 0 Å². The van der Waals surface area contributed by atoms with E-state index in [0.29, 0.717) is 22.0 Å². The fourth-order valence-corrected chi connectivity index (χ4v) is 3.74. The van der Waals surface area contributed by atoms with Crippen LogP contribution in [0.25, 0.3) is 10.2 Å². The molecule has 0 aliphatic carbocycles. The number of benzene rings is 3. The summed E-state index contributed by atoms with van der Waals surface area (Å²) in [5.41, 5.74) is 2.96. The van der Waals surface area contributed by atoms with Crippen molar-refractivity contribution in [2.45, 2.75) is 6.92 Å². The van der Waals surface area contributed by atoms with Crippen molar-refractivity contribution >= 4 is 38.8 Å². The Hall–Kier alpha value is -3.58. The summed E-state index contributed by atoms with van der Waals surface area (Å²) in [5, 5.41) is 6.09. The van der Waals surface area contributed by atoms with E-state index in [1.165, 1.54) is 34.7 Å². The van der Waals surface area contributed by atoms with Crippen LogP contribution >= 0.6 is 11.3 Å². The smallest absolute Gasteiger partial charge is 0.280 e. The highest BCUT2D eigenvalue weighted by atomic mass is 32.1. The SMILES string of the molecule is COc1ccc2nc(N(/N=C/c3ccc(F)cc3)C(=O)c3ccc(C)cc3)sc2c1. The Morgan fingerprint density at radius 1 is 1.10 bits per heavy atom. The molecule has 1 heterocycles. The van der Waals surface area contributed by atoms with E-state index in [4.69, 9.17) is 4.74 Å². The third-order valence-electron chi connectivity index (χ3n) is 4.45. The van der Waals surface area contributed by atoms with Crippen molar-refractivity contribution in [1.29, 1.82) is 0 Å². The lowest BCUT2D eigenvalue weighted by Crippen LogP contribution is -2.25. The highest BCUT2D eigenvalue weighted by Gasteiger charge is 2.21. The van der Waals surface area contributed by atoms with Gasteiger partial charge in [0.2, 0.25) is 5.13 Å². The van der Waals surface area contributed by atoms with E-state index in [1.807, 2.05) is 37.3 Å². The number of carbonyl (C=O) groups is 1. The highest BCUT2D eigenvalue weighted by molar-refractivity contribution is 7.22. The summed E-state index contributed by atoms with van der Waals surface area (Å²) in [6.45, 7) is 1.96. The fourth-order valence-electron chi connectivity index (χ4n) is 2.79. The van der Waals surface area contributed by atoms with Gasteiger partial charge in [0.1, 0.15) is 11.6 Å². The molecule has 150 valence electrons. The Labute approximate surface area is 177 Å². The summed E-state index contributed by atoms with van der Waals surface area (Å²) >= 11 is 1.34. The van der Waals surface area contributed by atoms with Gasteiger partial charge in [-0.1, -0.05) is 41.2 Å². The maximum Gasteiger partial charge on any atom is 0.280 e. The van der Waals surface area contributed by atoms with Crippen molar-refractivity contribution in [2.24, 2.45) is 5.10 Å². The molecule has 4 aromatic rings. The molecule has 0 radical (unpaired) electrons. The minimum atomic E-state index is -0.333. The number of anilines is 1. The molecular weight excluding hydrogens is 401 g/mol. The maximum absolute atomic E-state index is 13.2. The Kier molecular flexibility index (Phi) is 5.54. The summed E-state index contributed by atoms with van der Waals surface area (Å²) in [7, 11) is 1.60. The van der Waals surface area contributed by atoms with Crippen LogP contribution in [0.1, 0.15) is 21.5 Å². The number of hydrogen-bond donors (Lipinski definition) is 0. The number of amides is 1. The quantitative estimate of drug-likeness (QED) is 0.320. The number of ether oxygens (including phenoxy) is 1. The van der Waals surface area contributed by atoms with Gasteiger partial charge < -0.3 is 4.74 Å². The van der Waals surface area contributed by atoms with E-state index in [-0.39, 0.29) is 11.7 Å². The summed E-state index contributed by atoms with van der Waals surface area (Å²) in [5.74, 6) is 0.0724. The van der Waals surface area contributed by atoms with Gasteiger partial charge in [0, 0.05) is 5.56 Å². The van der Waals surface area contributed by atoms with Crippen LogP contribution in [0.5, 0.6) is 5.75 Å². The molecular formula is C23H18FN3O2S. The van der Waals surface area contributed by atoms with Gasteiger partial charge in [0.05, 0.1) is 23.5 Å². The number of halogens is 1. The summed E-state index contributed by atoms with van der Waals surface area (Å²) < 4.78 is 19.3. The number of rotatable bonds is 5. The van der Waals surface area contributed by atoms with Crippen LogP contribution in [0.3, 0.4) is 0 Å². The molecule has 3 aromatic carbocycles. The van der Waals surface area contributed by atoms with Crippen LogP contribution in [0.2, 0.25) is 0 Å². The average Bonchev–Trinajstić information content (AvgIpc) is 3.18. The Morgan fingerprint density at radius 3 is 2.53 bits per heavy atom. The zero-order valence-corrected chi connectivity index (χ0v) is 17.2. The zero-order chi connectivity index (χ0) is 21.1. The van der Waals surface area contributed by atoms with Gasteiger partial charge in [-0.2, -0.15) is 10.1 Å². The van der Waals surface area contributed by atoms with Crippen LogP contribution in [0.4, 0.5) is 9.52 Å². The number of aromatic nitrogens is 1. The van der Waals surface area contributed by atoms with Gasteiger partial charge >= 0.3 is 0 Å². The van der Waals surface area contributed by atoms with Crippen molar-refractivity contribution in [2.75, 3.05) is 12.1 Å². The van der Waals surface area contributed by atoms with E-state index in [1.54, 1.807) is 31.4 Å². The lowest BCUT2D eigenvalue weighted by atomic mass is 10.1. The van der Waals surface area contributed by atoms with Gasteiger partial charge in [0.25, 0.3) is 5.91 Å². The topological polar surface area (TPSA) is 54.8 Å². The molecule has 7 heteroatoms. The number of carbonyl (C=O) groups excluding carboxylic acids is 1. The Morgan fingerprint density at radius 2 is 1.83 bits per heavy atom. The van der Waals surface area contributed by atoms with Crippen molar-refractivity contribution in [1.82, 2.24) is 4.98 Å². The fraction of sp³-hybridized carbons (Fsp3) is 0.0870. The number of nitrogens with zero attached hydrogens (tertiary/aromatic N) is 3. The normalized spacial score (nSPS) is 11.2. The number of methoxy groups -OCH3 is 1. The van der Waals surface area contributed by atoms with E-state index in [0.717, 1.165) is 15.8 Å². The first-order chi connectivity index (χ1) is 14.5. The second-order valence-electron chi connectivity index (χ2n) is 6.61. The van der Waals surface area contributed by atoms with E-state index in [2.05, 4.69) is 10.1 Å². The monoisotopic (exact) mass is 419 g/mol. The first-order valence-electron chi connectivity index (χ1n) is 9.19. The molecule has 0 aliphatic rings. The molecule has 0 bridgehead atoms. The number of hydrogen-bond acceptors (Lipinski definition) is 5. The molecule has 0 aliphatic heterocycles. The van der Waals surface area contributed by atoms with Gasteiger partial charge in [-0.05, 0) is 55.0 Å². The number of aryl methyl sites for hydroxylation is 1. The summed E-state index contributed by atoms with van der Waals surface area (Å²) in [4.78, 5) is 17.8. The summed E-state index contributed by atoms with van der Waals surface area (Å²) in [6, 6.07) is 18.7. The molecule has 1 amide bonds. The van der Waals surface area contributed by atoms with E-state index < -0.39 is 0 Å². The largest absolute Gasteiger partial charge is 0.497 e. The number of fused-ring (bicyclic) bond motifs is 1. The highest BCUT2D eigenvalue weighted by Crippen LogP contribution is 2.32. The van der Waals surface area contributed by atoms with E-state index >= 15 is 0 Å². The first kappa shape index (κ1) is 19.7. The molecule has 0 saturated carbocycles. The first-order valence-corrected chi connectivity index (χ1v) is 10.0. The van der Waals surface area contributed by atoms with Crippen molar-refractivity contribution in [3.05, 3.63) is 89.2 Å². The lowest BCUT2D eigenvalue weighted by molar-refractivity contribution is 0.0988. The second kappa shape index (κ2) is 8.42. The molecule has 0 spiro atoms. The van der Waals surface area contributed by atoms with Gasteiger partial charge in [0.15, 0.2) is 0 Å². The van der Waals surface area contributed by atoms with Crippen molar-refractivity contribution in [3.8, 4) is 5.75 Å². The number of hydrazone groups is 1. The molecule has 0 saturated heterocycles. The molecule has 0 unspecified atom stereocenters. The molecule has 30 heavy (non-hydrogen) atoms. The van der Waals surface area contributed by atoms with Crippen molar-refractivity contribution < 1.29 is 13.9 Å². The minimum absolute atomic E-state index is 0.306. The minimum Gasteiger partial charge on any atom is -0.497 e. The summed E-state index contributed by atoms with van der Waals surface area (Å²) in [6.07, 6.45) is 1.51. The predicted octanol–water partition coefficient (Wildman–Crippen LogP) is 5.43. The standard InChI is InChI=1S/C23H18FN3O2S/c1-15-3-7-17(8-4-15)22(28)27(25-14-16-5-9-18(24)10-6-16)23-26-20-12-11-19(29-2)13-21(20)30-23/h3-14H,1-2H3/b25-14+. The maximum atomic E-state index is 13.2. The predicted molar refractivity (Wildman–Crippen MR) is 118 cm³/mol. The third kappa shape index (κ3) is 4.21. The molecule has 4 rings (SSSR count). The van der Waals surface area contributed by atoms with Gasteiger partial charge in [-0.3, -0.25) is 4.79 Å². The molecule has 5 nitrogen and oxygen atoms in total. The Bertz CT molecular complexity index is 1220. The molecule has 0 N–H and O–H groups in total. The van der Waals surface area contributed by atoms with Crippen LogP contribution < -0.4 is 9.75 Å². The van der Waals surface area contributed by atoms with Crippen LogP contribution in [0, 0.1) is 12.7 Å². The molecule has 0 fully saturated rings. The molecule has 0 atom stereocenters. The third-order valence-corrected chi connectivity index (χ3v) is 5.44. The molecule has 1 aromatic heterocycles.